The summed E-state index contributed by atoms with van der Waals surface area (Å²) >= 11 is 0. The van der Waals surface area contributed by atoms with Crippen LogP contribution in [0, 0.1) is 28.6 Å². The van der Waals surface area contributed by atoms with Gasteiger partial charge >= 0.3 is 0 Å². The molecule has 0 radical (unpaired) electrons. The standard InChI is InChI=1S/C25H37NO4/c1-15(2)12-20(27)26-23-24(3,4)16-13-18-21(30-11-10-25(18,23)14-16)17-8-7-9-19(28-5)22(17)29-6/h7-9,15-16,18,21,23H,10-14H2,1-6H3,(H,26,27)/t16-,18-,21-,23+,25-/m1/s1. The number of fused-ring (bicyclic) bond motifs is 1. The Balaban J connectivity index is 1.69. The molecule has 2 saturated carbocycles. The van der Waals surface area contributed by atoms with Crippen LogP contribution in [0.2, 0.25) is 0 Å². The van der Waals surface area contributed by atoms with E-state index in [1.165, 1.54) is 6.42 Å². The first-order chi connectivity index (χ1) is 14.2. The number of para-hydroxylation sites is 1. The summed E-state index contributed by atoms with van der Waals surface area (Å²) < 4.78 is 17.7. The molecule has 1 aliphatic heterocycles. The lowest BCUT2D eigenvalue weighted by atomic mass is 9.58. The van der Waals surface area contributed by atoms with Crippen LogP contribution in [0.5, 0.6) is 11.5 Å². The van der Waals surface area contributed by atoms with E-state index in [1.54, 1.807) is 14.2 Å². The van der Waals surface area contributed by atoms with Gasteiger partial charge in [0.2, 0.25) is 5.91 Å². The number of methoxy groups -OCH3 is 2. The third kappa shape index (κ3) is 3.21. The predicted octanol–water partition coefficient (Wildman–Crippen LogP) is 4.75. The highest BCUT2D eigenvalue weighted by molar-refractivity contribution is 5.76. The Morgan fingerprint density at radius 1 is 1.27 bits per heavy atom. The summed E-state index contributed by atoms with van der Waals surface area (Å²) in [6.45, 7) is 9.61. The number of benzene rings is 1. The van der Waals surface area contributed by atoms with Gasteiger partial charge in [0.25, 0.3) is 0 Å². The highest BCUT2D eigenvalue weighted by atomic mass is 16.5. The maximum absolute atomic E-state index is 12.8. The smallest absolute Gasteiger partial charge is 0.220 e. The molecule has 166 valence electrons. The van der Waals surface area contributed by atoms with E-state index in [2.05, 4.69) is 39.1 Å². The van der Waals surface area contributed by atoms with Crippen molar-refractivity contribution >= 4 is 5.91 Å². The SMILES string of the molecule is COc1cccc([C@H]2OCC[C@@]34C[C@@H](C[C@H]23)C(C)(C)[C@@H]4NC(=O)CC(C)C)c1OC. The molecule has 1 heterocycles. The van der Waals surface area contributed by atoms with Gasteiger partial charge in [0.15, 0.2) is 11.5 Å². The summed E-state index contributed by atoms with van der Waals surface area (Å²) in [5, 5.41) is 3.49. The largest absolute Gasteiger partial charge is 0.493 e. The maximum Gasteiger partial charge on any atom is 0.220 e. The molecule has 2 aliphatic carbocycles. The van der Waals surface area contributed by atoms with Crippen molar-refractivity contribution in [1.82, 2.24) is 5.32 Å². The zero-order valence-corrected chi connectivity index (χ0v) is 19.3. The molecule has 3 aliphatic rings. The van der Waals surface area contributed by atoms with Crippen LogP contribution in [-0.2, 0) is 9.53 Å². The number of amides is 1. The van der Waals surface area contributed by atoms with E-state index in [0.29, 0.717) is 30.8 Å². The summed E-state index contributed by atoms with van der Waals surface area (Å²) in [5.74, 6) is 3.02. The third-order valence-electron chi connectivity index (χ3n) is 8.14. The van der Waals surface area contributed by atoms with Gasteiger partial charge in [-0.1, -0.05) is 39.8 Å². The number of hydrogen-bond acceptors (Lipinski definition) is 4. The minimum atomic E-state index is -0.0330. The molecule has 5 atom stereocenters. The second-order valence-corrected chi connectivity index (χ2v) is 10.5. The molecule has 0 unspecified atom stereocenters. The lowest BCUT2D eigenvalue weighted by molar-refractivity contribution is -0.138. The summed E-state index contributed by atoms with van der Waals surface area (Å²) in [7, 11) is 3.37. The van der Waals surface area contributed by atoms with Crippen LogP contribution in [0.1, 0.15) is 65.0 Å². The molecule has 1 N–H and O–H groups in total. The number of nitrogens with one attached hydrogen (secondary N) is 1. The van der Waals surface area contributed by atoms with Crippen LogP contribution >= 0.6 is 0 Å². The van der Waals surface area contributed by atoms with Crippen LogP contribution in [0.25, 0.3) is 0 Å². The molecule has 0 aromatic heterocycles. The van der Waals surface area contributed by atoms with E-state index >= 15 is 0 Å². The monoisotopic (exact) mass is 415 g/mol. The minimum absolute atomic E-state index is 0.0330. The Kier molecular flexibility index (Phi) is 5.54. The normalized spacial score (nSPS) is 34.0. The summed E-state index contributed by atoms with van der Waals surface area (Å²) in [6, 6.07) is 6.23. The lowest BCUT2D eigenvalue weighted by Gasteiger charge is -2.53. The van der Waals surface area contributed by atoms with Gasteiger partial charge in [-0.15, -0.1) is 0 Å². The van der Waals surface area contributed by atoms with Gasteiger partial charge in [-0.3, -0.25) is 4.79 Å². The molecule has 1 amide bonds. The van der Waals surface area contributed by atoms with Crippen molar-refractivity contribution in [3.63, 3.8) is 0 Å². The molecule has 1 aromatic rings. The Morgan fingerprint density at radius 2 is 2.03 bits per heavy atom. The zero-order valence-electron chi connectivity index (χ0n) is 19.3. The topological polar surface area (TPSA) is 56.8 Å². The van der Waals surface area contributed by atoms with Crippen molar-refractivity contribution < 1.29 is 19.0 Å². The minimum Gasteiger partial charge on any atom is -0.493 e. The molecule has 2 bridgehead atoms. The Bertz CT molecular complexity index is 804. The average molecular weight is 416 g/mol. The lowest BCUT2D eigenvalue weighted by Crippen LogP contribution is -2.59. The molecule has 5 nitrogen and oxygen atoms in total. The van der Waals surface area contributed by atoms with Gasteiger partial charge < -0.3 is 19.5 Å². The van der Waals surface area contributed by atoms with E-state index < -0.39 is 0 Å². The van der Waals surface area contributed by atoms with E-state index in [0.717, 1.165) is 29.9 Å². The van der Waals surface area contributed by atoms with Crippen LogP contribution in [0.3, 0.4) is 0 Å². The van der Waals surface area contributed by atoms with Gasteiger partial charge in [-0.05, 0) is 53.9 Å². The number of ether oxygens (including phenoxy) is 3. The molecule has 4 rings (SSSR count). The second kappa shape index (κ2) is 7.74. The molecular weight excluding hydrogens is 378 g/mol. The first-order valence-electron chi connectivity index (χ1n) is 11.4. The second-order valence-electron chi connectivity index (χ2n) is 10.5. The number of carbonyl (C=O) groups excluding carboxylic acids is 1. The highest BCUT2D eigenvalue weighted by Gasteiger charge is 2.68. The van der Waals surface area contributed by atoms with Gasteiger partial charge in [0.1, 0.15) is 0 Å². The van der Waals surface area contributed by atoms with Crippen molar-refractivity contribution in [2.75, 3.05) is 20.8 Å². The fourth-order valence-corrected chi connectivity index (χ4v) is 6.82. The van der Waals surface area contributed by atoms with Crippen molar-refractivity contribution in [2.24, 2.45) is 28.6 Å². The van der Waals surface area contributed by atoms with Gasteiger partial charge in [0, 0.05) is 24.6 Å². The van der Waals surface area contributed by atoms with Crippen LogP contribution in [0.4, 0.5) is 0 Å². The molecular formula is C25H37NO4. The van der Waals surface area contributed by atoms with Crippen molar-refractivity contribution in [2.45, 2.75) is 65.5 Å². The van der Waals surface area contributed by atoms with Gasteiger partial charge in [-0.25, -0.2) is 0 Å². The van der Waals surface area contributed by atoms with Crippen LogP contribution < -0.4 is 14.8 Å². The Morgan fingerprint density at radius 3 is 2.70 bits per heavy atom. The third-order valence-corrected chi connectivity index (χ3v) is 8.14. The maximum atomic E-state index is 12.8. The number of rotatable bonds is 6. The molecule has 30 heavy (non-hydrogen) atoms. The van der Waals surface area contributed by atoms with Crippen LogP contribution in [-0.4, -0.2) is 32.8 Å². The van der Waals surface area contributed by atoms with Crippen molar-refractivity contribution in [3.8, 4) is 11.5 Å². The fourth-order valence-electron chi connectivity index (χ4n) is 6.82. The summed E-state index contributed by atoms with van der Waals surface area (Å²) in [5.41, 5.74) is 1.25. The summed E-state index contributed by atoms with van der Waals surface area (Å²) in [6.07, 6.45) is 3.86. The first-order valence-corrected chi connectivity index (χ1v) is 11.4. The molecule has 1 aromatic carbocycles. The first kappa shape index (κ1) is 21.5. The molecule has 1 saturated heterocycles. The number of hydrogen-bond donors (Lipinski definition) is 1. The van der Waals surface area contributed by atoms with E-state index in [-0.39, 0.29) is 28.9 Å². The zero-order chi connectivity index (χ0) is 21.7. The fraction of sp³-hybridized carbons (Fsp3) is 0.720. The van der Waals surface area contributed by atoms with Gasteiger partial charge in [-0.2, -0.15) is 0 Å². The molecule has 1 spiro atoms. The van der Waals surface area contributed by atoms with Gasteiger partial charge in [0.05, 0.1) is 20.3 Å². The van der Waals surface area contributed by atoms with E-state index in [1.807, 2.05) is 12.1 Å². The molecule has 5 heteroatoms. The van der Waals surface area contributed by atoms with Crippen LogP contribution in [0.15, 0.2) is 18.2 Å². The number of carbonyl (C=O) groups is 1. The quantitative estimate of drug-likeness (QED) is 0.729. The van der Waals surface area contributed by atoms with Crippen molar-refractivity contribution in [3.05, 3.63) is 23.8 Å². The van der Waals surface area contributed by atoms with Crippen molar-refractivity contribution in [1.29, 1.82) is 0 Å². The van der Waals surface area contributed by atoms with E-state index in [4.69, 9.17) is 14.2 Å². The Labute approximate surface area is 180 Å². The highest BCUT2D eigenvalue weighted by Crippen LogP contribution is 2.71. The Hall–Kier alpha value is -1.75. The predicted molar refractivity (Wildman–Crippen MR) is 117 cm³/mol. The molecule has 3 fully saturated rings. The van der Waals surface area contributed by atoms with E-state index in [9.17, 15) is 4.79 Å². The summed E-state index contributed by atoms with van der Waals surface area (Å²) in [4.78, 5) is 12.8. The average Bonchev–Trinajstić information content (AvgIpc) is 3.19.